The molecule has 0 aliphatic heterocycles. The van der Waals surface area contributed by atoms with Gasteiger partial charge >= 0.3 is 0 Å². The van der Waals surface area contributed by atoms with Crippen molar-refractivity contribution in [3.05, 3.63) is 65.7 Å². The molecule has 0 spiro atoms. The van der Waals surface area contributed by atoms with E-state index in [0.717, 1.165) is 16.9 Å². The Balaban J connectivity index is 1.51. The van der Waals surface area contributed by atoms with Crippen LogP contribution in [0.1, 0.15) is 11.4 Å². The number of aromatic nitrogens is 2. The molecule has 3 aromatic rings. The van der Waals surface area contributed by atoms with Crippen molar-refractivity contribution in [2.45, 2.75) is 12.8 Å². The van der Waals surface area contributed by atoms with E-state index in [0.29, 0.717) is 18.5 Å². The third-order valence-corrected chi connectivity index (χ3v) is 3.38. The molecule has 0 fully saturated rings. The van der Waals surface area contributed by atoms with Gasteiger partial charge in [0.15, 0.2) is 0 Å². The molecule has 1 aromatic heterocycles. The van der Waals surface area contributed by atoms with Gasteiger partial charge < -0.3 is 10.3 Å². The Morgan fingerprint density at radius 1 is 1.18 bits per heavy atom. The molecule has 22 heavy (non-hydrogen) atoms. The number of aromatic amines is 1. The number of amides is 1. The molecule has 2 N–H and O–H groups in total. The predicted octanol–water partition coefficient (Wildman–Crippen LogP) is 2.60. The first-order chi connectivity index (χ1) is 10.7. The number of carbonyl (C=O) groups is 1. The number of H-pyrrole nitrogens is 1. The summed E-state index contributed by atoms with van der Waals surface area (Å²) in [4.78, 5) is 19.5. The van der Waals surface area contributed by atoms with E-state index in [4.69, 9.17) is 0 Å². The van der Waals surface area contributed by atoms with Crippen LogP contribution in [0.5, 0.6) is 0 Å². The molecule has 0 unspecified atom stereocenters. The summed E-state index contributed by atoms with van der Waals surface area (Å²) < 4.78 is 13.0. The molecule has 5 heteroatoms. The molecule has 0 bridgehead atoms. The molecule has 0 atom stereocenters. The Bertz CT molecular complexity index is 764. The fourth-order valence-corrected chi connectivity index (χ4v) is 2.34. The summed E-state index contributed by atoms with van der Waals surface area (Å²) in [5.74, 6) is 0.390. The maximum Gasteiger partial charge on any atom is 0.224 e. The van der Waals surface area contributed by atoms with Crippen molar-refractivity contribution < 1.29 is 9.18 Å². The van der Waals surface area contributed by atoms with Crippen molar-refractivity contribution in [1.82, 2.24) is 15.3 Å². The van der Waals surface area contributed by atoms with Gasteiger partial charge in [-0.05, 0) is 29.8 Å². The monoisotopic (exact) mass is 297 g/mol. The Labute approximate surface area is 127 Å². The number of hydrogen-bond acceptors (Lipinski definition) is 2. The van der Waals surface area contributed by atoms with E-state index >= 15 is 0 Å². The fraction of sp³-hybridized carbons (Fsp3) is 0.176. The second-order valence-electron chi connectivity index (χ2n) is 5.11. The van der Waals surface area contributed by atoms with Crippen LogP contribution in [0.25, 0.3) is 11.0 Å². The number of imidazole rings is 1. The average molecular weight is 297 g/mol. The normalized spacial score (nSPS) is 10.8. The molecular formula is C17H16FN3O. The molecule has 112 valence electrons. The van der Waals surface area contributed by atoms with E-state index in [9.17, 15) is 9.18 Å². The molecule has 4 nitrogen and oxygen atoms in total. The zero-order valence-corrected chi connectivity index (χ0v) is 12.0. The molecule has 3 rings (SSSR count). The van der Waals surface area contributed by atoms with E-state index in [1.807, 2.05) is 24.3 Å². The zero-order chi connectivity index (χ0) is 15.4. The highest BCUT2D eigenvalue weighted by Crippen LogP contribution is 2.10. The zero-order valence-electron chi connectivity index (χ0n) is 12.0. The number of hydrogen-bond donors (Lipinski definition) is 2. The highest BCUT2D eigenvalue weighted by molar-refractivity contribution is 5.78. The lowest BCUT2D eigenvalue weighted by Gasteiger charge is -2.04. The maximum atomic E-state index is 13.0. The van der Waals surface area contributed by atoms with Crippen molar-refractivity contribution in [2.75, 3.05) is 6.54 Å². The van der Waals surface area contributed by atoms with Gasteiger partial charge in [-0.3, -0.25) is 4.79 Å². The van der Waals surface area contributed by atoms with Gasteiger partial charge in [0.1, 0.15) is 11.6 Å². The second kappa shape index (κ2) is 6.39. The summed E-state index contributed by atoms with van der Waals surface area (Å²) in [7, 11) is 0. The molecule has 0 aliphatic carbocycles. The SMILES string of the molecule is O=C(Cc1cccc(F)c1)NCCc1nc2ccccc2[nH]1. The maximum absolute atomic E-state index is 13.0. The van der Waals surface area contributed by atoms with Gasteiger partial charge in [0.2, 0.25) is 5.91 Å². The number of halogens is 1. The minimum absolute atomic E-state index is 0.123. The standard InChI is InChI=1S/C17H16FN3O/c18-13-5-3-4-12(10-13)11-17(22)19-9-8-16-20-14-6-1-2-7-15(14)21-16/h1-7,10H,8-9,11H2,(H,19,22)(H,20,21). The van der Waals surface area contributed by atoms with Gasteiger partial charge in [-0.15, -0.1) is 0 Å². The fourth-order valence-electron chi connectivity index (χ4n) is 2.34. The van der Waals surface area contributed by atoms with Crippen LogP contribution in [-0.2, 0) is 17.6 Å². The van der Waals surface area contributed by atoms with Gasteiger partial charge in [-0.25, -0.2) is 9.37 Å². The summed E-state index contributed by atoms with van der Waals surface area (Å²) in [5.41, 5.74) is 2.58. The summed E-state index contributed by atoms with van der Waals surface area (Å²) >= 11 is 0. The molecule has 2 aromatic carbocycles. The van der Waals surface area contributed by atoms with Crippen LogP contribution in [0, 0.1) is 5.82 Å². The van der Waals surface area contributed by atoms with Gasteiger partial charge in [0.05, 0.1) is 17.5 Å². The molecule has 0 saturated heterocycles. The van der Waals surface area contributed by atoms with Gasteiger partial charge in [-0.2, -0.15) is 0 Å². The molecule has 0 radical (unpaired) electrons. The van der Waals surface area contributed by atoms with E-state index < -0.39 is 0 Å². The first-order valence-corrected chi connectivity index (χ1v) is 7.15. The Hall–Kier alpha value is -2.69. The van der Waals surface area contributed by atoms with E-state index in [1.165, 1.54) is 12.1 Å². The second-order valence-corrected chi connectivity index (χ2v) is 5.11. The Morgan fingerprint density at radius 2 is 2.05 bits per heavy atom. The number of rotatable bonds is 5. The smallest absolute Gasteiger partial charge is 0.224 e. The number of carbonyl (C=O) groups excluding carboxylic acids is 1. The topological polar surface area (TPSA) is 57.8 Å². The van der Waals surface area contributed by atoms with Gasteiger partial charge in [-0.1, -0.05) is 24.3 Å². The number of para-hydroxylation sites is 2. The van der Waals surface area contributed by atoms with Crippen molar-refractivity contribution in [3.63, 3.8) is 0 Å². The predicted molar refractivity (Wildman–Crippen MR) is 82.9 cm³/mol. The van der Waals surface area contributed by atoms with Crippen molar-refractivity contribution in [1.29, 1.82) is 0 Å². The van der Waals surface area contributed by atoms with Crippen molar-refractivity contribution in [3.8, 4) is 0 Å². The van der Waals surface area contributed by atoms with Crippen LogP contribution in [-0.4, -0.2) is 22.4 Å². The molecule has 0 saturated carbocycles. The first-order valence-electron chi connectivity index (χ1n) is 7.15. The van der Waals surface area contributed by atoms with Crippen LogP contribution in [0.3, 0.4) is 0 Å². The Kier molecular flexibility index (Phi) is 4.14. The number of fused-ring (bicyclic) bond motifs is 1. The largest absolute Gasteiger partial charge is 0.355 e. The van der Waals surface area contributed by atoms with E-state index in [-0.39, 0.29) is 18.1 Å². The van der Waals surface area contributed by atoms with Crippen LogP contribution < -0.4 is 5.32 Å². The highest BCUT2D eigenvalue weighted by Gasteiger charge is 2.05. The van der Waals surface area contributed by atoms with Crippen LogP contribution >= 0.6 is 0 Å². The molecule has 0 aliphatic rings. The third kappa shape index (κ3) is 3.49. The summed E-state index contributed by atoms with van der Waals surface area (Å²) in [6.07, 6.45) is 0.807. The molecule has 1 amide bonds. The third-order valence-electron chi connectivity index (χ3n) is 3.38. The summed E-state index contributed by atoms with van der Waals surface area (Å²) in [5, 5.41) is 2.82. The van der Waals surface area contributed by atoms with Crippen molar-refractivity contribution >= 4 is 16.9 Å². The van der Waals surface area contributed by atoms with E-state index in [2.05, 4.69) is 15.3 Å². The quantitative estimate of drug-likeness (QED) is 0.760. The summed E-state index contributed by atoms with van der Waals surface area (Å²) in [6, 6.07) is 13.9. The lowest BCUT2D eigenvalue weighted by molar-refractivity contribution is -0.120. The number of benzene rings is 2. The van der Waals surface area contributed by atoms with Gasteiger partial charge in [0, 0.05) is 13.0 Å². The van der Waals surface area contributed by atoms with E-state index in [1.54, 1.807) is 12.1 Å². The average Bonchev–Trinajstić information content (AvgIpc) is 2.90. The Morgan fingerprint density at radius 3 is 2.86 bits per heavy atom. The first kappa shape index (κ1) is 14.3. The number of nitrogens with zero attached hydrogens (tertiary/aromatic N) is 1. The minimum atomic E-state index is -0.326. The number of nitrogens with one attached hydrogen (secondary N) is 2. The van der Waals surface area contributed by atoms with Crippen LogP contribution in [0.4, 0.5) is 4.39 Å². The van der Waals surface area contributed by atoms with Crippen molar-refractivity contribution in [2.24, 2.45) is 0 Å². The van der Waals surface area contributed by atoms with Gasteiger partial charge in [0.25, 0.3) is 0 Å². The summed E-state index contributed by atoms with van der Waals surface area (Å²) in [6.45, 7) is 0.494. The minimum Gasteiger partial charge on any atom is -0.355 e. The lowest BCUT2D eigenvalue weighted by Crippen LogP contribution is -2.27. The molecular weight excluding hydrogens is 281 g/mol. The molecule has 1 heterocycles. The van der Waals surface area contributed by atoms with Crippen LogP contribution in [0.15, 0.2) is 48.5 Å². The highest BCUT2D eigenvalue weighted by atomic mass is 19.1. The lowest BCUT2D eigenvalue weighted by atomic mass is 10.1. The van der Waals surface area contributed by atoms with Crippen LogP contribution in [0.2, 0.25) is 0 Å².